The van der Waals surface area contributed by atoms with Gasteiger partial charge in [-0.05, 0) is 6.07 Å². The van der Waals surface area contributed by atoms with Crippen molar-refractivity contribution in [2.75, 3.05) is 0 Å². The molecule has 0 unspecified atom stereocenters. The summed E-state index contributed by atoms with van der Waals surface area (Å²) in [6.45, 7) is 0. The maximum absolute atomic E-state index is 13.6. The van der Waals surface area contributed by atoms with Crippen molar-refractivity contribution in [3.63, 3.8) is 0 Å². The van der Waals surface area contributed by atoms with Gasteiger partial charge in [0, 0.05) is 11.6 Å². The molecule has 0 saturated carbocycles. The summed E-state index contributed by atoms with van der Waals surface area (Å²) >= 11 is 0. The first-order valence-corrected chi connectivity index (χ1v) is 4.62. The smallest absolute Gasteiger partial charge is 0.435 e. The number of nitro benzene ring substituents is 1. The maximum atomic E-state index is 13.6. The Morgan fingerprint density at radius 2 is 1.45 bits per heavy atom. The zero-order valence-electron chi connectivity index (χ0n) is 9.09. The SMILES string of the molecule is O=[N+]([O-])c1cc(C(F)(C(F)(F)F)C(F)(F)F)ccc1O. The van der Waals surface area contributed by atoms with Crippen molar-refractivity contribution < 1.29 is 40.8 Å². The minimum Gasteiger partial charge on any atom is -0.502 e. The van der Waals surface area contributed by atoms with Crippen LogP contribution < -0.4 is 0 Å². The maximum Gasteiger partial charge on any atom is 0.435 e. The van der Waals surface area contributed by atoms with Crippen molar-refractivity contribution in [1.29, 1.82) is 0 Å². The van der Waals surface area contributed by atoms with E-state index >= 15 is 0 Å². The van der Waals surface area contributed by atoms with E-state index in [1.807, 2.05) is 0 Å². The molecule has 0 bridgehead atoms. The molecule has 0 radical (unpaired) electrons. The lowest BCUT2D eigenvalue weighted by molar-refractivity contribution is -0.386. The lowest BCUT2D eigenvalue weighted by Crippen LogP contribution is -2.50. The van der Waals surface area contributed by atoms with Gasteiger partial charge in [-0.2, -0.15) is 26.3 Å². The molecule has 0 aliphatic carbocycles. The topological polar surface area (TPSA) is 63.4 Å². The van der Waals surface area contributed by atoms with Crippen LogP contribution in [0.1, 0.15) is 5.56 Å². The summed E-state index contributed by atoms with van der Waals surface area (Å²) in [5.41, 5.74) is -9.29. The highest BCUT2D eigenvalue weighted by Crippen LogP contribution is 2.54. The molecule has 0 saturated heterocycles. The Balaban J connectivity index is 3.61. The highest BCUT2D eigenvalue weighted by molar-refractivity contribution is 5.49. The number of alkyl halides is 7. The van der Waals surface area contributed by atoms with Gasteiger partial charge >= 0.3 is 23.7 Å². The molecule has 112 valence electrons. The molecule has 0 aliphatic rings. The molecule has 0 heterocycles. The second kappa shape index (κ2) is 4.49. The molecule has 1 aromatic carbocycles. The van der Waals surface area contributed by atoms with Gasteiger partial charge < -0.3 is 5.11 Å². The first kappa shape index (κ1) is 16.0. The van der Waals surface area contributed by atoms with Crippen molar-refractivity contribution in [1.82, 2.24) is 0 Å². The third kappa shape index (κ3) is 2.34. The van der Waals surface area contributed by atoms with E-state index in [0.717, 1.165) is 0 Å². The first-order valence-electron chi connectivity index (χ1n) is 4.62. The van der Waals surface area contributed by atoms with Crippen LogP contribution in [0.2, 0.25) is 0 Å². The third-order valence-electron chi connectivity index (χ3n) is 2.35. The second-order valence-corrected chi connectivity index (χ2v) is 3.61. The Bertz CT molecular complexity index is 523. The van der Waals surface area contributed by atoms with Gasteiger partial charge in [0.1, 0.15) is 0 Å². The van der Waals surface area contributed by atoms with E-state index in [1.165, 1.54) is 0 Å². The molecule has 4 nitrogen and oxygen atoms in total. The number of benzene rings is 1. The van der Waals surface area contributed by atoms with Crippen LogP contribution in [0.5, 0.6) is 5.75 Å². The molecule has 0 amide bonds. The fourth-order valence-electron chi connectivity index (χ4n) is 1.37. The Morgan fingerprint density at radius 3 is 1.80 bits per heavy atom. The number of phenols is 1. The number of phenolic OH excluding ortho intramolecular Hbond substituents is 1. The lowest BCUT2D eigenvalue weighted by atomic mass is 9.93. The molecular weight excluding hydrogens is 303 g/mol. The largest absolute Gasteiger partial charge is 0.502 e. The molecule has 1 aromatic rings. The van der Waals surface area contributed by atoms with Gasteiger partial charge in [-0.25, -0.2) is 4.39 Å². The number of hydrogen-bond acceptors (Lipinski definition) is 3. The average Bonchev–Trinajstić information content (AvgIpc) is 2.25. The number of rotatable bonds is 2. The van der Waals surface area contributed by atoms with Crippen LogP contribution >= 0.6 is 0 Å². The first-order chi connectivity index (χ1) is 8.82. The summed E-state index contributed by atoms with van der Waals surface area (Å²) in [5, 5.41) is 19.3. The standard InChI is InChI=1S/C9H4F7NO3/c10-7(8(11,12)13,9(14,15)16)4-1-2-6(18)5(3-4)17(19)20/h1-3,18H. The van der Waals surface area contributed by atoms with Gasteiger partial charge in [0.15, 0.2) is 5.75 Å². The van der Waals surface area contributed by atoms with Crippen LogP contribution in [-0.2, 0) is 5.67 Å². The molecule has 20 heavy (non-hydrogen) atoms. The molecular formula is C9H4F7NO3. The summed E-state index contributed by atoms with van der Waals surface area (Å²) in [5.74, 6) is -1.19. The van der Waals surface area contributed by atoms with E-state index in [9.17, 15) is 40.8 Å². The summed E-state index contributed by atoms with van der Waals surface area (Å²) in [7, 11) is 0. The number of hydrogen-bond donors (Lipinski definition) is 1. The zero-order chi connectivity index (χ0) is 15.9. The van der Waals surface area contributed by atoms with Crippen LogP contribution in [0.15, 0.2) is 18.2 Å². The Morgan fingerprint density at radius 1 is 1.00 bits per heavy atom. The van der Waals surface area contributed by atoms with Gasteiger partial charge in [-0.3, -0.25) is 10.1 Å². The van der Waals surface area contributed by atoms with Crippen molar-refractivity contribution in [2.24, 2.45) is 0 Å². The normalized spacial score (nSPS) is 13.3. The van der Waals surface area contributed by atoms with Gasteiger partial charge in [-0.1, -0.05) is 6.07 Å². The quantitative estimate of drug-likeness (QED) is 0.516. The second-order valence-electron chi connectivity index (χ2n) is 3.61. The zero-order valence-corrected chi connectivity index (χ0v) is 9.09. The van der Waals surface area contributed by atoms with Crippen molar-refractivity contribution in [3.8, 4) is 5.75 Å². The molecule has 0 fully saturated rings. The number of nitro groups is 1. The predicted octanol–water partition coefficient (Wildman–Crippen LogP) is 3.59. The van der Waals surface area contributed by atoms with E-state index < -0.39 is 39.9 Å². The molecule has 11 heteroatoms. The predicted molar refractivity (Wildman–Crippen MR) is 49.7 cm³/mol. The van der Waals surface area contributed by atoms with Crippen LogP contribution in [0.4, 0.5) is 36.4 Å². The van der Waals surface area contributed by atoms with Crippen LogP contribution in [0.25, 0.3) is 0 Å². The number of nitrogens with zero attached hydrogens (tertiary/aromatic N) is 1. The highest BCUT2D eigenvalue weighted by atomic mass is 19.4. The minimum atomic E-state index is -6.38. The van der Waals surface area contributed by atoms with E-state index in [0.29, 0.717) is 0 Å². The number of aromatic hydroxyl groups is 1. The van der Waals surface area contributed by atoms with E-state index in [2.05, 4.69) is 0 Å². The Kier molecular flexibility index (Phi) is 3.59. The summed E-state index contributed by atoms with van der Waals surface area (Å²) in [6.07, 6.45) is -12.8. The van der Waals surface area contributed by atoms with E-state index in [1.54, 1.807) is 0 Å². The van der Waals surface area contributed by atoms with Crippen molar-refractivity contribution in [3.05, 3.63) is 33.9 Å². The van der Waals surface area contributed by atoms with Gasteiger partial charge in [0.25, 0.3) is 0 Å². The van der Waals surface area contributed by atoms with Crippen LogP contribution in [0.3, 0.4) is 0 Å². The monoisotopic (exact) mass is 307 g/mol. The molecule has 1 rings (SSSR count). The summed E-state index contributed by atoms with van der Waals surface area (Å²) in [4.78, 5) is 8.92. The fraction of sp³-hybridized carbons (Fsp3) is 0.333. The van der Waals surface area contributed by atoms with Crippen LogP contribution in [-0.4, -0.2) is 22.4 Å². The summed E-state index contributed by atoms with van der Waals surface area (Å²) in [6, 6.07) is -0.154. The minimum absolute atomic E-state index is 0.0245. The molecule has 0 aromatic heterocycles. The average molecular weight is 307 g/mol. The van der Waals surface area contributed by atoms with Crippen molar-refractivity contribution in [2.45, 2.75) is 18.0 Å². The van der Waals surface area contributed by atoms with E-state index in [-0.39, 0.29) is 18.2 Å². The van der Waals surface area contributed by atoms with Crippen LogP contribution in [0, 0.1) is 10.1 Å². The molecule has 0 atom stereocenters. The fourth-order valence-corrected chi connectivity index (χ4v) is 1.37. The third-order valence-corrected chi connectivity index (χ3v) is 2.35. The Hall–Kier alpha value is -2.07. The van der Waals surface area contributed by atoms with Gasteiger partial charge in [0.2, 0.25) is 0 Å². The molecule has 1 N–H and O–H groups in total. The number of halogens is 7. The van der Waals surface area contributed by atoms with Crippen molar-refractivity contribution >= 4 is 5.69 Å². The van der Waals surface area contributed by atoms with E-state index in [4.69, 9.17) is 5.11 Å². The highest BCUT2D eigenvalue weighted by Gasteiger charge is 2.73. The van der Waals surface area contributed by atoms with Gasteiger partial charge in [0.05, 0.1) is 4.92 Å². The molecule has 0 aliphatic heterocycles. The molecule has 0 spiro atoms. The Labute approximate surface area is 105 Å². The van der Waals surface area contributed by atoms with Gasteiger partial charge in [-0.15, -0.1) is 0 Å². The lowest BCUT2D eigenvalue weighted by Gasteiger charge is -2.30. The summed E-state index contributed by atoms with van der Waals surface area (Å²) < 4.78 is 87.9.